The second-order valence-corrected chi connectivity index (χ2v) is 11.5. The normalized spacial score (nSPS) is 11.1. The van der Waals surface area contributed by atoms with Gasteiger partial charge >= 0.3 is 0 Å². The summed E-state index contributed by atoms with van der Waals surface area (Å²) < 4.78 is 7.47. The van der Waals surface area contributed by atoms with Crippen LogP contribution in [-0.2, 0) is 12.3 Å². The van der Waals surface area contributed by atoms with Crippen LogP contribution in [0, 0.1) is 0 Å². The number of likely N-dealkylation sites (N-methyl/N-ethyl adjacent to an activating group) is 1. The fraction of sp³-hybridized carbons (Fsp3) is 0.226. The van der Waals surface area contributed by atoms with E-state index in [0.29, 0.717) is 24.5 Å². The summed E-state index contributed by atoms with van der Waals surface area (Å²) in [5.41, 5.74) is 3.44. The van der Waals surface area contributed by atoms with Gasteiger partial charge in [0.2, 0.25) is 0 Å². The van der Waals surface area contributed by atoms with Gasteiger partial charge < -0.3 is 14.5 Å². The van der Waals surface area contributed by atoms with E-state index < -0.39 is 0 Å². The van der Waals surface area contributed by atoms with Gasteiger partial charge in [-0.15, -0.1) is 21.5 Å². The largest absolute Gasteiger partial charge is 0.497 e. The Morgan fingerprint density at radius 1 is 0.951 bits per heavy atom. The number of methoxy groups -OCH3 is 1. The maximum absolute atomic E-state index is 13.5. The highest BCUT2D eigenvalue weighted by Gasteiger charge is 2.21. The Kier molecular flexibility index (Phi) is 9.45. The summed E-state index contributed by atoms with van der Waals surface area (Å²) in [6.07, 6.45) is 0. The van der Waals surface area contributed by atoms with Crippen molar-refractivity contribution in [1.29, 1.82) is 0 Å². The second kappa shape index (κ2) is 13.6. The molecule has 210 valence electrons. The minimum Gasteiger partial charge on any atom is -0.497 e. The summed E-state index contributed by atoms with van der Waals surface area (Å²) in [4.78, 5) is 22.2. The van der Waals surface area contributed by atoms with E-state index in [1.165, 1.54) is 11.3 Å². The van der Waals surface area contributed by atoms with Crippen molar-refractivity contribution in [3.05, 3.63) is 107 Å². The number of nitrogens with zero attached hydrogens (tertiary/aromatic N) is 6. The first-order chi connectivity index (χ1) is 20.0. The molecule has 2 heterocycles. The first kappa shape index (κ1) is 28.5. The smallest absolute Gasteiger partial charge is 0.273 e. The van der Waals surface area contributed by atoms with Crippen molar-refractivity contribution in [3.8, 4) is 22.8 Å². The van der Waals surface area contributed by atoms with Crippen LogP contribution in [0.4, 0.5) is 0 Å². The third-order valence-electron chi connectivity index (χ3n) is 6.39. The molecule has 0 saturated carbocycles. The highest BCUT2D eigenvalue weighted by Crippen LogP contribution is 2.31. The molecule has 41 heavy (non-hydrogen) atoms. The number of carbonyl (C=O) groups is 1. The Bertz CT molecular complexity index is 1570. The van der Waals surface area contributed by atoms with E-state index in [2.05, 4.69) is 15.1 Å². The molecule has 5 rings (SSSR count). The van der Waals surface area contributed by atoms with E-state index in [-0.39, 0.29) is 5.91 Å². The number of benzene rings is 3. The number of carbonyl (C=O) groups excluding carboxylic acids is 1. The van der Waals surface area contributed by atoms with Gasteiger partial charge in [-0.25, -0.2) is 4.98 Å². The van der Waals surface area contributed by atoms with E-state index in [0.717, 1.165) is 45.1 Å². The average molecular weight is 585 g/mol. The molecule has 3 aromatic carbocycles. The van der Waals surface area contributed by atoms with Crippen LogP contribution in [0.25, 0.3) is 17.1 Å². The van der Waals surface area contributed by atoms with Crippen molar-refractivity contribution in [2.45, 2.75) is 17.5 Å². The molecule has 0 unspecified atom stereocenters. The number of ether oxygens (including phenoxy) is 1. The molecule has 0 atom stereocenters. The van der Waals surface area contributed by atoms with Crippen LogP contribution < -0.4 is 4.74 Å². The average Bonchev–Trinajstić information content (AvgIpc) is 3.66. The Hall–Kier alpha value is -3.99. The Labute approximate surface area is 248 Å². The van der Waals surface area contributed by atoms with E-state index in [4.69, 9.17) is 9.72 Å². The lowest BCUT2D eigenvalue weighted by Crippen LogP contribution is -2.36. The molecule has 0 N–H and O–H groups in total. The van der Waals surface area contributed by atoms with Gasteiger partial charge in [-0.05, 0) is 43.9 Å². The third-order valence-corrected chi connectivity index (χ3v) is 8.36. The van der Waals surface area contributed by atoms with Gasteiger partial charge in [0, 0.05) is 36.3 Å². The topological polar surface area (TPSA) is 76.4 Å². The zero-order valence-electron chi connectivity index (χ0n) is 23.3. The minimum atomic E-state index is -0.0593. The van der Waals surface area contributed by atoms with Crippen molar-refractivity contribution in [3.63, 3.8) is 0 Å². The van der Waals surface area contributed by atoms with Gasteiger partial charge in [-0.1, -0.05) is 72.4 Å². The van der Waals surface area contributed by atoms with Crippen LogP contribution in [0.15, 0.2) is 95.5 Å². The fourth-order valence-corrected chi connectivity index (χ4v) is 6.00. The summed E-state index contributed by atoms with van der Waals surface area (Å²) in [5, 5.41) is 12.5. The minimum absolute atomic E-state index is 0.0593. The SMILES string of the molecule is COc1cccc(-c2nnc(SCc3nc(C(=O)N(CCN(C)C)Cc4ccccc4)cs3)n2-c2ccccc2)c1. The molecule has 0 radical (unpaired) electrons. The zero-order valence-corrected chi connectivity index (χ0v) is 24.9. The maximum Gasteiger partial charge on any atom is 0.273 e. The second-order valence-electron chi connectivity index (χ2n) is 9.64. The number of amides is 1. The van der Waals surface area contributed by atoms with Crippen LogP contribution in [0.2, 0.25) is 0 Å². The number of rotatable bonds is 12. The Morgan fingerprint density at radius 3 is 2.44 bits per heavy atom. The predicted octanol–water partition coefficient (Wildman–Crippen LogP) is 5.90. The molecule has 2 aromatic heterocycles. The van der Waals surface area contributed by atoms with Gasteiger partial charge in [0.15, 0.2) is 11.0 Å². The molecule has 1 amide bonds. The Morgan fingerprint density at radius 2 is 1.71 bits per heavy atom. The summed E-state index contributed by atoms with van der Waals surface area (Å²) in [6.45, 7) is 1.94. The molecular weight excluding hydrogens is 553 g/mol. The summed E-state index contributed by atoms with van der Waals surface area (Å²) in [6, 6.07) is 27.9. The summed E-state index contributed by atoms with van der Waals surface area (Å²) in [5.74, 6) is 1.99. The summed E-state index contributed by atoms with van der Waals surface area (Å²) in [7, 11) is 5.67. The quantitative estimate of drug-likeness (QED) is 0.169. The van der Waals surface area contributed by atoms with Crippen LogP contribution in [0.1, 0.15) is 21.1 Å². The van der Waals surface area contributed by atoms with Crippen LogP contribution >= 0.6 is 23.1 Å². The molecule has 0 aliphatic heterocycles. The standard InChI is InChI=1S/C31H32N6O2S2/c1-35(2)17-18-36(20-23-11-6-4-7-12-23)30(38)27-21-40-28(32-27)22-41-31-34-33-29(24-13-10-16-26(19-24)39-3)37(31)25-14-8-5-9-15-25/h4-16,19,21H,17-18,20,22H2,1-3H3. The lowest BCUT2D eigenvalue weighted by molar-refractivity contribution is 0.0726. The van der Waals surface area contributed by atoms with Gasteiger partial charge in [0.05, 0.1) is 12.9 Å². The number of para-hydroxylation sites is 1. The monoisotopic (exact) mass is 584 g/mol. The number of hydrogen-bond donors (Lipinski definition) is 0. The van der Waals surface area contributed by atoms with Crippen molar-refractivity contribution in [2.75, 3.05) is 34.3 Å². The molecule has 5 aromatic rings. The van der Waals surface area contributed by atoms with Crippen molar-refractivity contribution in [1.82, 2.24) is 29.5 Å². The lowest BCUT2D eigenvalue weighted by Gasteiger charge is -2.24. The molecule has 10 heteroatoms. The number of thiazole rings is 1. The summed E-state index contributed by atoms with van der Waals surface area (Å²) >= 11 is 3.04. The lowest BCUT2D eigenvalue weighted by atomic mass is 10.2. The van der Waals surface area contributed by atoms with E-state index >= 15 is 0 Å². The van der Waals surface area contributed by atoms with Gasteiger partial charge in [0.1, 0.15) is 16.5 Å². The molecule has 0 aliphatic rings. The Balaban J connectivity index is 1.35. The first-order valence-electron chi connectivity index (χ1n) is 13.2. The number of thioether (sulfide) groups is 1. The van der Waals surface area contributed by atoms with Crippen molar-refractivity contribution < 1.29 is 9.53 Å². The molecule has 0 spiro atoms. The van der Waals surface area contributed by atoms with Crippen molar-refractivity contribution in [2.24, 2.45) is 0 Å². The van der Waals surface area contributed by atoms with Gasteiger partial charge in [-0.3, -0.25) is 9.36 Å². The molecule has 0 bridgehead atoms. The van der Waals surface area contributed by atoms with E-state index in [1.807, 2.05) is 114 Å². The van der Waals surface area contributed by atoms with Gasteiger partial charge in [-0.2, -0.15) is 0 Å². The van der Waals surface area contributed by atoms with Crippen LogP contribution in [-0.4, -0.2) is 69.8 Å². The zero-order chi connectivity index (χ0) is 28.6. The molecule has 8 nitrogen and oxygen atoms in total. The molecule has 0 aliphatic carbocycles. The molecular formula is C31H32N6O2S2. The van der Waals surface area contributed by atoms with Crippen LogP contribution in [0.3, 0.4) is 0 Å². The van der Waals surface area contributed by atoms with Crippen molar-refractivity contribution >= 4 is 29.0 Å². The molecule has 0 saturated heterocycles. The van der Waals surface area contributed by atoms with E-state index in [1.54, 1.807) is 18.9 Å². The third kappa shape index (κ3) is 7.21. The van der Waals surface area contributed by atoms with Gasteiger partial charge in [0.25, 0.3) is 5.91 Å². The van der Waals surface area contributed by atoms with Crippen LogP contribution in [0.5, 0.6) is 5.75 Å². The van der Waals surface area contributed by atoms with E-state index in [9.17, 15) is 4.79 Å². The highest BCUT2D eigenvalue weighted by atomic mass is 32.2. The predicted molar refractivity (Wildman–Crippen MR) is 165 cm³/mol. The highest BCUT2D eigenvalue weighted by molar-refractivity contribution is 7.98. The first-order valence-corrected chi connectivity index (χ1v) is 15.1. The number of aromatic nitrogens is 4. The molecule has 0 fully saturated rings. The fourth-order valence-electron chi connectivity index (χ4n) is 4.26. The number of hydrogen-bond acceptors (Lipinski definition) is 8. The maximum atomic E-state index is 13.5.